The molecule has 0 radical (unpaired) electrons. The van der Waals surface area contributed by atoms with Crippen LogP contribution in [0.25, 0.3) is 10.9 Å². The fraction of sp³-hybridized carbons (Fsp3) is 0. The van der Waals surface area contributed by atoms with Crippen LogP contribution in [-0.2, 0) is 0 Å². The summed E-state index contributed by atoms with van der Waals surface area (Å²) in [5, 5.41) is 24.7. The van der Waals surface area contributed by atoms with Gasteiger partial charge in [0, 0.05) is 5.39 Å². The van der Waals surface area contributed by atoms with Gasteiger partial charge in [0.1, 0.15) is 11.4 Å². The van der Waals surface area contributed by atoms with Gasteiger partial charge in [0.15, 0.2) is 5.69 Å². The van der Waals surface area contributed by atoms with Crippen molar-refractivity contribution in [3.05, 3.63) is 41.7 Å². The van der Waals surface area contributed by atoms with E-state index in [1.807, 2.05) is 6.07 Å². The van der Waals surface area contributed by atoms with Crippen molar-refractivity contribution in [3.63, 3.8) is 0 Å². The first-order chi connectivity index (χ1) is 9.66. The number of carboxylic acids is 1. The zero-order chi connectivity index (χ0) is 14.1. The van der Waals surface area contributed by atoms with E-state index in [-0.39, 0.29) is 17.1 Å². The molecule has 0 unspecified atom stereocenters. The van der Waals surface area contributed by atoms with Crippen LogP contribution in [0.15, 0.2) is 30.5 Å². The highest BCUT2D eigenvalue weighted by Crippen LogP contribution is 2.17. The molecule has 0 spiro atoms. The zero-order valence-corrected chi connectivity index (χ0v) is 10.0. The highest BCUT2D eigenvalue weighted by atomic mass is 16.4. The quantitative estimate of drug-likeness (QED) is 0.570. The highest BCUT2D eigenvalue weighted by Gasteiger charge is 2.18. The number of aromatic carboxylic acids is 1. The maximum absolute atomic E-state index is 12.1. The number of rotatable bonds is 3. The molecule has 0 saturated carbocycles. The lowest BCUT2D eigenvalue weighted by Crippen LogP contribution is -2.15. The molecule has 2 aromatic heterocycles. The molecule has 0 aliphatic heterocycles. The molecule has 8 nitrogen and oxygen atoms in total. The number of amides is 1. The van der Waals surface area contributed by atoms with Crippen molar-refractivity contribution in [2.24, 2.45) is 0 Å². The first-order valence-corrected chi connectivity index (χ1v) is 5.68. The molecule has 0 fully saturated rings. The predicted octanol–water partition coefficient (Wildman–Crippen LogP) is 1.24. The largest absolute Gasteiger partial charge is 0.477 e. The number of carbonyl (C=O) groups is 2. The number of hydrogen-bond acceptors (Lipinski definition) is 4. The molecule has 0 aliphatic carbocycles. The molecule has 0 saturated heterocycles. The van der Waals surface area contributed by atoms with Crippen LogP contribution in [0.4, 0.5) is 5.82 Å². The lowest BCUT2D eigenvalue weighted by Gasteiger charge is -2.01. The normalized spacial score (nSPS) is 10.6. The Morgan fingerprint density at radius 2 is 2.00 bits per heavy atom. The third-order valence-corrected chi connectivity index (χ3v) is 2.79. The molecule has 1 amide bonds. The van der Waals surface area contributed by atoms with Gasteiger partial charge in [0.05, 0.1) is 11.7 Å². The van der Waals surface area contributed by atoms with Gasteiger partial charge in [-0.25, -0.2) is 4.79 Å². The Bertz CT molecular complexity index is 804. The number of benzene rings is 1. The number of fused-ring (bicyclic) bond motifs is 1. The lowest BCUT2D eigenvalue weighted by atomic mass is 10.2. The minimum Gasteiger partial charge on any atom is -0.477 e. The smallest absolute Gasteiger partial charge is 0.341 e. The Balaban J connectivity index is 1.93. The fourth-order valence-electron chi connectivity index (χ4n) is 1.85. The number of nitrogens with zero attached hydrogens (tertiary/aromatic N) is 2. The van der Waals surface area contributed by atoms with Crippen molar-refractivity contribution in [1.82, 2.24) is 20.4 Å². The van der Waals surface area contributed by atoms with Crippen LogP contribution in [0.3, 0.4) is 0 Å². The summed E-state index contributed by atoms with van der Waals surface area (Å²) in [5.74, 6) is -1.68. The average molecular weight is 271 g/mol. The maximum atomic E-state index is 12.1. The summed E-state index contributed by atoms with van der Waals surface area (Å²) in [6.07, 6.45) is 1.13. The average Bonchev–Trinajstić information content (AvgIpc) is 3.04. The van der Waals surface area contributed by atoms with Crippen molar-refractivity contribution >= 4 is 28.6 Å². The number of carboxylic acid groups (broad SMARTS) is 1. The van der Waals surface area contributed by atoms with Crippen LogP contribution in [-0.4, -0.2) is 37.4 Å². The Labute approximate surface area is 111 Å². The van der Waals surface area contributed by atoms with E-state index >= 15 is 0 Å². The number of anilines is 1. The lowest BCUT2D eigenvalue weighted by molar-refractivity contribution is 0.0698. The van der Waals surface area contributed by atoms with Crippen molar-refractivity contribution in [2.75, 3.05) is 5.32 Å². The molecule has 2 heterocycles. The van der Waals surface area contributed by atoms with Crippen LogP contribution in [0.2, 0.25) is 0 Å². The first-order valence-electron chi connectivity index (χ1n) is 5.68. The van der Waals surface area contributed by atoms with Gasteiger partial charge < -0.3 is 10.4 Å². The van der Waals surface area contributed by atoms with E-state index in [1.54, 1.807) is 18.2 Å². The van der Waals surface area contributed by atoms with Gasteiger partial charge in [-0.3, -0.25) is 15.0 Å². The summed E-state index contributed by atoms with van der Waals surface area (Å²) < 4.78 is 0. The summed E-state index contributed by atoms with van der Waals surface area (Å²) in [6.45, 7) is 0. The summed E-state index contributed by atoms with van der Waals surface area (Å²) in [6, 6.07) is 7.14. The monoisotopic (exact) mass is 271 g/mol. The van der Waals surface area contributed by atoms with E-state index < -0.39 is 11.9 Å². The Morgan fingerprint density at radius 1 is 1.20 bits per heavy atom. The number of nitrogens with one attached hydrogen (secondary N) is 3. The van der Waals surface area contributed by atoms with Crippen molar-refractivity contribution in [1.29, 1.82) is 0 Å². The Morgan fingerprint density at radius 3 is 2.80 bits per heavy atom. The van der Waals surface area contributed by atoms with Crippen LogP contribution in [0.1, 0.15) is 20.8 Å². The van der Waals surface area contributed by atoms with E-state index in [0.717, 1.165) is 11.7 Å². The summed E-state index contributed by atoms with van der Waals surface area (Å²) >= 11 is 0. The fourth-order valence-corrected chi connectivity index (χ4v) is 1.85. The SMILES string of the molecule is O=C(O)c1cn[nH]c1NC(=O)c1n[nH]c2ccccc12. The van der Waals surface area contributed by atoms with Gasteiger partial charge in [-0.15, -0.1) is 0 Å². The second-order valence-corrected chi connectivity index (χ2v) is 4.04. The molecule has 8 heteroatoms. The number of carbonyl (C=O) groups excluding carboxylic acids is 1. The Hall–Kier alpha value is -3.16. The van der Waals surface area contributed by atoms with Gasteiger partial charge in [0.25, 0.3) is 5.91 Å². The zero-order valence-electron chi connectivity index (χ0n) is 10.0. The second kappa shape index (κ2) is 4.50. The minimum atomic E-state index is -1.18. The summed E-state index contributed by atoms with van der Waals surface area (Å²) in [7, 11) is 0. The van der Waals surface area contributed by atoms with E-state index in [2.05, 4.69) is 25.7 Å². The molecule has 100 valence electrons. The number of H-pyrrole nitrogens is 2. The topological polar surface area (TPSA) is 124 Å². The van der Waals surface area contributed by atoms with Crippen LogP contribution in [0.5, 0.6) is 0 Å². The van der Waals surface area contributed by atoms with E-state index in [4.69, 9.17) is 5.11 Å². The van der Waals surface area contributed by atoms with Gasteiger partial charge in [-0.05, 0) is 6.07 Å². The van der Waals surface area contributed by atoms with Gasteiger partial charge in [-0.1, -0.05) is 18.2 Å². The third kappa shape index (κ3) is 1.88. The Kier molecular flexibility index (Phi) is 2.68. The molecular formula is C12H9N5O3. The van der Waals surface area contributed by atoms with Crippen LogP contribution < -0.4 is 5.32 Å². The molecule has 4 N–H and O–H groups in total. The van der Waals surface area contributed by atoms with Crippen molar-refractivity contribution in [2.45, 2.75) is 0 Å². The second-order valence-electron chi connectivity index (χ2n) is 4.04. The van der Waals surface area contributed by atoms with Crippen LogP contribution >= 0.6 is 0 Å². The third-order valence-electron chi connectivity index (χ3n) is 2.79. The molecule has 3 rings (SSSR count). The van der Waals surface area contributed by atoms with E-state index in [0.29, 0.717) is 5.39 Å². The number of aromatic nitrogens is 4. The number of hydrogen-bond donors (Lipinski definition) is 4. The molecule has 1 aromatic carbocycles. The first kappa shape index (κ1) is 11.9. The molecule has 3 aromatic rings. The van der Waals surface area contributed by atoms with E-state index in [1.165, 1.54) is 0 Å². The molecule has 0 atom stereocenters. The molecular weight excluding hydrogens is 262 g/mol. The molecule has 20 heavy (non-hydrogen) atoms. The molecule has 0 aliphatic rings. The summed E-state index contributed by atoms with van der Waals surface area (Å²) in [4.78, 5) is 23.1. The van der Waals surface area contributed by atoms with Gasteiger partial charge in [-0.2, -0.15) is 10.2 Å². The highest BCUT2D eigenvalue weighted by molar-refractivity contribution is 6.12. The number of aromatic amines is 2. The summed E-state index contributed by atoms with van der Waals surface area (Å²) in [5.41, 5.74) is 0.797. The van der Waals surface area contributed by atoms with Gasteiger partial charge in [0.2, 0.25) is 0 Å². The van der Waals surface area contributed by atoms with Crippen LogP contribution in [0, 0.1) is 0 Å². The minimum absolute atomic E-state index is 0.0228. The molecule has 0 bridgehead atoms. The van der Waals surface area contributed by atoms with E-state index in [9.17, 15) is 9.59 Å². The standard InChI is InChI=1S/C12H9N5O3/c18-11(14-10-7(12(19)20)5-13-17-10)9-6-3-1-2-4-8(6)15-16-9/h1-5H,(H,15,16)(H,19,20)(H2,13,14,17,18). The van der Waals surface area contributed by atoms with Crippen molar-refractivity contribution < 1.29 is 14.7 Å². The maximum Gasteiger partial charge on any atom is 0.341 e. The number of para-hydroxylation sites is 1. The van der Waals surface area contributed by atoms with Gasteiger partial charge >= 0.3 is 5.97 Å². The predicted molar refractivity (Wildman–Crippen MR) is 69.6 cm³/mol. The van der Waals surface area contributed by atoms with Crippen molar-refractivity contribution in [3.8, 4) is 0 Å².